The van der Waals surface area contributed by atoms with Crippen molar-refractivity contribution in [3.8, 4) is 0 Å². The highest BCUT2D eigenvalue weighted by Gasteiger charge is 2.53. The molecule has 0 bridgehead atoms. The summed E-state index contributed by atoms with van der Waals surface area (Å²) in [6.07, 6.45) is 6.54. The van der Waals surface area contributed by atoms with Crippen molar-refractivity contribution in [2.45, 2.75) is 45.2 Å². The quantitative estimate of drug-likeness (QED) is 0.448. The van der Waals surface area contributed by atoms with Gasteiger partial charge in [-0.2, -0.15) is 0 Å². The molecule has 3 aliphatic rings. The van der Waals surface area contributed by atoms with E-state index >= 15 is 0 Å². The van der Waals surface area contributed by atoms with Gasteiger partial charge >= 0.3 is 0 Å². The zero-order valence-electron chi connectivity index (χ0n) is 24.3. The molecular weight excluding hydrogens is 486 g/mol. The lowest BCUT2D eigenvalue weighted by molar-refractivity contribution is -0.930. The first-order chi connectivity index (χ1) is 19.1. The number of amides is 1. The first-order valence-electron chi connectivity index (χ1n) is 15.4. The van der Waals surface area contributed by atoms with Crippen LogP contribution in [0.2, 0.25) is 0 Å². The lowest BCUT2D eigenvalue weighted by Gasteiger charge is -2.54. The number of carbonyl (C=O) groups is 1. The topological polar surface area (TPSA) is 65.8 Å². The van der Waals surface area contributed by atoms with Crippen molar-refractivity contribution < 1.29 is 9.28 Å². The summed E-state index contributed by atoms with van der Waals surface area (Å²) in [4.78, 5) is 26.2. The van der Waals surface area contributed by atoms with Crippen LogP contribution in [0.5, 0.6) is 0 Å². The monoisotopic (exact) mass is 535 g/mol. The molecule has 8 heteroatoms. The molecule has 4 heterocycles. The summed E-state index contributed by atoms with van der Waals surface area (Å²) in [6.45, 7) is 17.4. The molecule has 1 aromatic carbocycles. The van der Waals surface area contributed by atoms with Gasteiger partial charge in [0.15, 0.2) is 12.2 Å². The summed E-state index contributed by atoms with van der Waals surface area (Å²) in [5, 5.41) is 11.4. The van der Waals surface area contributed by atoms with Crippen LogP contribution in [-0.4, -0.2) is 122 Å². The molecule has 8 nitrogen and oxygen atoms in total. The van der Waals surface area contributed by atoms with Crippen molar-refractivity contribution in [1.82, 2.24) is 30.3 Å². The highest BCUT2D eigenvalue weighted by molar-refractivity contribution is 5.85. The fraction of sp³-hybridized carbons (Fsp3) is 0.677. The first-order valence-corrected chi connectivity index (χ1v) is 15.4. The number of hydrogen-bond donors (Lipinski definition) is 1. The third-order valence-corrected chi connectivity index (χ3v) is 9.10. The standard InChI is InChI=1S/C31H49N7O/c1-3-16-35(17-4-2)22-24-38(25-29(39)36-18-7-8-19-36)23-15-34-31(26-38,37-20-13-32-14-21-37)30-28-10-6-5-9-27(28)11-12-33-30/h5-6,9-12,32H,3-4,7-8,13-26H2,1-2H3/q+1. The number of nitrogens with one attached hydrogen (secondary N) is 1. The summed E-state index contributed by atoms with van der Waals surface area (Å²) in [5.74, 6) is 0.326. The van der Waals surface area contributed by atoms with Gasteiger partial charge in [0.1, 0.15) is 6.54 Å². The van der Waals surface area contributed by atoms with Gasteiger partial charge < -0.3 is 14.7 Å². The number of aromatic nitrogens is 1. The summed E-state index contributed by atoms with van der Waals surface area (Å²) >= 11 is 0. The molecule has 1 amide bonds. The van der Waals surface area contributed by atoms with E-state index in [0.717, 1.165) is 121 Å². The molecule has 1 N–H and O–H groups in total. The van der Waals surface area contributed by atoms with Crippen molar-refractivity contribution in [3.63, 3.8) is 0 Å². The molecule has 0 saturated carbocycles. The van der Waals surface area contributed by atoms with E-state index in [0.29, 0.717) is 12.5 Å². The van der Waals surface area contributed by atoms with E-state index in [1.165, 1.54) is 10.8 Å². The second kappa shape index (κ2) is 13.0. The number of quaternary nitrogens is 1. The van der Waals surface area contributed by atoms with Gasteiger partial charge in [0.25, 0.3) is 5.91 Å². The molecule has 5 rings (SSSR count). The van der Waals surface area contributed by atoms with Gasteiger partial charge in [-0.05, 0) is 50.2 Å². The second-order valence-corrected chi connectivity index (χ2v) is 11.9. The second-order valence-electron chi connectivity index (χ2n) is 11.9. The van der Waals surface area contributed by atoms with Crippen molar-refractivity contribution >= 4 is 16.7 Å². The van der Waals surface area contributed by atoms with E-state index in [4.69, 9.17) is 10.3 Å². The summed E-state index contributed by atoms with van der Waals surface area (Å²) in [7, 11) is 0. The van der Waals surface area contributed by atoms with E-state index in [-0.39, 0.29) is 0 Å². The Morgan fingerprint density at radius 3 is 2.51 bits per heavy atom. The zero-order chi connectivity index (χ0) is 27.1. The largest absolute Gasteiger partial charge is 0.338 e. The molecule has 3 aliphatic heterocycles. The van der Waals surface area contributed by atoms with Crippen molar-refractivity contribution in [2.75, 3.05) is 91.6 Å². The minimum absolute atomic E-state index is 0.326. The maximum absolute atomic E-state index is 13.8. The maximum Gasteiger partial charge on any atom is 0.277 e. The summed E-state index contributed by atoms with van der Waals surface area (Å²) in [5.41, 5.74) is 0.532. The van der Waals surface area contributed by atoms with Crippen LogP contribution < -0.4 is 10.6 Å². The number of fused-ring (bicyclic) bond motifs is 1. The molecular formula is C31H49N7O+. The highest BCUT2D eigenvalue weighted by Crippen LogP contribution is 2.37. The Morgan fingerprint density at radius 1 is 1.03 bits per heavy atom. The highest BCUT2D eigenvalue weighted by atomic mass is 16.2. The molecule has 213 valence electrons. The fourth-order valence-corrected chi connectivity index (χ4v) is 7.10. The van der Waals surface area contributed by atoms with E-state index in [2.05, 4.69) is 64.2 Å². The van der Waals surface area contributed by atoms with Crippen LogP contribution in [0.15, 0.2) is 36.5 Å². The maximum atomic E-state index is 13.8. The minimum Gasteiger partial charge on any atom is -0.338 e. The molecule has 3 fully saturated rings. The van der Waals surface area contributed by atoms with Gasteiger partial charge in [-0.15, -0.1) is 0 Å². The van der Waals surface area contributed by atoms with Crippen LogP contribution >= 0.6 is 0 Å². The Bertz CT molecular complexity index is 1070. The number of piperazine rings is 2. The van der Waals surface area contributed by atoms with Crippen molar-refractivity contribution in [3.05, 3.63) is 42.2 Å². The van der Waals surface area contributed by atoms with Gasteiger partial charge in [0.2, 0.25) is 0 Å². The Hall–Kier alpha value is -2.10. The fourth-order valence-electron chi connectivity index (χ4n) is 7.10. The third-order valence-electron chi connectivity index (χ3n) is 9.10. The Kier molecular flexibility index (Phi) is 9.51. The first kappa shape index (κ1) is 28.4. The zero-order valence-corrected chi connectivity index (χ0v) is 24.3. The molecule has 2 atom stereocenters. The Balaban J connectivity index is 1.54. The van der Waals surface area contributed by atoms with Crippen LogP contribution in [0.3, 0.4) is 0 Å². The van der Waals surface area contributed by atoms with Crippen LogP contribution in [-0.2, 0) is 10.5 Å². The van der Waals surface area contributed by atoms with E-state index < -0.39 is 5.66 Å². The number of benzene rings is 1. The lowest BCUT2D eigenvalue weighted by Crippen LogP contribution is -2.73. The summed E-state index contributed by atoms with van der Waals surface area (Å²) < 4.78 is 0.789. The average Bonchev–Trinajstić information content (AvgIpc) is 3.52. The van der Waals surface area contributed by atoms with Gasteiger partial charge in [-0.25, -0.2) is 5.32 Å². The third kappa shape index (κ3) is 6.30. The lowest BCUT2D eigenvalue weighted by atomic mass is 9.92. The van der Waals surface area contributed by atoms with E-state index in [9.17, 15) is 4.79 Å². The van der Waals surface area contributed by atoms with Crippen LogP contribution in [0.25, 0.3) is 10.8 Å². The molecule has 2 unspecified atom stereocenters. The SMILES string of the molecule is CCCN(CCC)CC[N+]1(CC(=O)N2CCCC2)CC[N]C(c2nccc3ccccc23)(N2CCNCC2)C1. The number of hydrogen-bond acceptors (Lipinski definition) is 5. The number of pyridine rings is 1. The van der Waals surface area contributed by atoms with Crippen molar-refractivity contribution in [2.24, 2.45) is 0 Å². The van der Waals surface area contributed by atoms with Gasteiger partial charge in [0.05, 0.1) is 25.3 Å². The number of likely N-dealkylation sites (tertiary alicyclic amines) is 1. The van der Waals surface area contributed by atoms with Gasteiger partial charge in [0, 0.05) is 57.4 Å². The molecule has 0 spiro atoms. The predicted octanol–water partition coefficient (Wildman–Crippen LogP) is 2.47. The molecule has 1 aromatic heterocycles. The average molecular weight is 536 g/mol. The number of rotatable bonds is 11. The molecule has 39 heavy (non-hydrogen) atoms. The molecule has 0 aliphatic carbocycles. The van der Waals surface area contributed by atoms with Gasteiger partial charge in [-0.1, -0.05) is 38.1 Å². The van der Waals surface area contributed by atoms with Crippen LogP contribution in [0, 0.1) is 0 Å². The normalized spacial score (nSPS) is 26.5. The van der Waals surface area contributed by atoms with E-state index in [1.807, 2.05) is 6.20 Å². The van der Waals surface area contributed by atoms with Crippen molar-refractivity contribution in [1.29, 1.82) is 0 Å². The molecule has 1 radical (unpaired) electrons. The minimum atomic E-state index is -0.535. The van der Waals surface area contributed by atoms with Gasteiger partial charge in [-0.3, -0.25) is 19.6 Å². The summed E-state index contributed by atoms with van der Waals surface area (Å²) in [6, 6.07) is 10.7. The smallest absolute Gasteiger partial charge is 0.277 e. The molecule has 2 aromatic rings. The van der Waals surface area contributed by atoms with Crippen LogP contribution in [0.4, 0.5) is 0 Å². The van der Waals surface area contributed by atoms with Crippen LogP contribution in [0.1, 0.15) is 45.2 Å². The predicted molar refractivity (Wildman–Crippen MR) is 157 cm³/mol. The number of carbonyl (C=O) groups excluding carboxylic acids is 1. The number of nitrogens with zero attached hydrogens (tertiary/aromatic N) is 6. The van der Waals surface area contributed by atoms with E-state index in [1.54, 1.807) is 0 Å². The Morgan fingerprint density at radius 2 is 1.77 bits per heavy atom. The molecule has 3 saturated heterocycles. The Labute approximate surface area is 235 Å².